The molecule has 0 amide bonds. The zero-order valence-electron chi connectivity index (χ0n) is 16.6. The van der Waals surface area contributed by atoms with E-state index in [4.69, 9.17) is 14.2 Å². The van der Waals surface area contributed by atoms with Gasteiger partial charge in [-0.25, -0.2) is 8.42 Å². The molecule has 1 fully saturated rings. The van der Waals surface area contributed by atoms with Gasteiger partial charge in [0.1, 0.15) is 23.4 Å². The van der Waals surface area contributed by atoms with Crippen LogP contribution in [0.2, 0.25) is 0 Å². The smallest absolute Gasteiger partial charge is 0.457 e. The molecule has 31 heavy (non-hydrogen) atoms. The predicted molar refractivity (Wildman–Crippen MR) is 103 cm³/mol. The third-order valence-corrected chi connectivity index (χ3v) is 6.10. The molecule has 2 aromatic carbocycles. The molecule has 0 aromatic heterocycles. The fraction of sp³-hybridized carbons (Fsp3) is 0.400. The number of aliphatic hydroxyl groups excluding tert-OH is 1. The summed E-state index contributed by atoms with van der Waals surface area (Å²) in [5, 5.41) is 10.2. The van der Waals surface area contributed by atoms with Gasteiger partial charge < -0.3 is 24.1 Å². The minimum Gasteiger partial charge on any atom is -0.457 e. The Balaban J connectivity index is 1.61. The average molecular weight is 462 g/mol. The first-order valence-electron chi connectivity index (χ1n) is 9.19. The summed E-state index contributed by atoms with van der Waals surface area (Å²) in [6, 6.07) is 10.2. The molecule has 0 spiro atoms. The standard InChI is InChI=1S/C20H21F3O7S/c1-19(2)27-11-18(30-19)17(24)12-31(25,26)16-9-7-14(8-10-16)28-13-3-5-15(6-4-13)29-20(21,22)23/h3-10,17-18,24H,11-12H2,1-2H3/t17?,18-/m1/s1. The molecule has 0 radical (unpaired) electrons. The highest BCUT2D eigenvalue weighted by molar-refractivity contribution is 7.91. The van der Waals surface area contributed by atoms with Crippen LogP contribution in [-0.2, 0) is 19.3 Å². The van der Waals surface area contributed by atoms with Crippen LogP contribution in [0.1, 0.15) is 13.8 Å². The number of benzene rings is 2. The Kier molecular flexibility index (Phi) is 6.51. The van der Waals surface area contributed by atoms with E-state index in [0.717, 1.165) is 12.1 Å². The van der Waals surface area contributed by atoms with Gasteiger partial charge in [-0.2, -0.15) is 0 Å². The number of hydrogen-bond acceptors (Lipinski definition) is 7. The van der Waals surface area contributed by atoms with Gasteiger partial charge in [0.25, 0.3) is 0 Å². The van der Waals surface area contributed by atoms with Crippen LogP contribution in [0.15, 0.2) is 53.4 Å². The number of sulfone groups is 1. The number of aliphatic hydroxyl groups is 1. The fourth-order valence-corrected chi connectivity index (χ4v) is 4.30. The second-order valence-electron chi connectivity index (χ2n) is 7.31. The first-order valence-corrected chi connectivity index (χ1v) is 10.8. The number of hydrogen-bond donors (Lipinski definition) is 1. The molecule has 0 bridgehead atoms. The topological polar surface area (TPSA) is 91.3 Å². The molecule has 2 aromatic rings. The van der Waals surface area contributed by atoms with Crippen molar-refractivity contribution in [3.63, 3.8) is 0 Å². The highest BCUT2D eigenvalue weighted by Gasteiger charge is 2.38. The summed E-state index contributed by atoms with van der Waals surface area (Å²) in [4.78, 5) is -0.0222. The van der Waals surface area contributed by atoms with Gasteiger partial charge in [-0.15, -0.1) is 13.2 Å². The summed E-state index contributed by atoms with van der Waals surface area (Å²) in [6.07, 6.45) is -6.80. The number of halogens is 3. The Morgan fingerprint density at radius 1 is 1.06 bits per heavy atom. The molecule has 170 valence electrons. The summed E-state index contributed by atoms with van der Waals surface area (Å²) in [6.45, 7) is 3.43. The van der Waals surface area contributed by atoms with Gasteiger partial charge >= 0.3 is 6.36 Å². The third kappa shape index (κ3) is 6.57. The molecule has 7 nitrogen and oxygen atoms in total. The Bertz CT molecular complexity index is 987. The summed E-state index contributed by atoms with van der Waals surface area (Å²) in [5.74, 6) is -1.30. The molecule has 1 unspecified atom stereocenters. The van der Waals surface area contributed by atoms with Crippen molar-refractivity contribution in [3.8, 4) is 17.2 Å². The number of ether oxygens (including phenoxy) is 4. The first-order chi connectivity index (χ1) is 14.3. The highest BCUT2D eigenvalue weighted by atomic mass is 32.2. The molecular weight excluding hydrogens is 441 g/mol. The van der Waals surface area contributed by atoms with Crippen LogP contribution < -0.4 is 9.47 Å². The summed E-state index contributed by atoms with van der Waals surface area (Å²) in [7, 11) is -3.81. The second kappa shape index (κ2) is 8.65. The second-order valence-corrected chi connectivity index (χ2v) is 9.34. The van der Waals surface area contributed by atoms with Crippen molar-refractivity contribution in [3.05, 3.63) is 48.5 Å². The Morgan fingerprint density at radius 3 is 2.06 bits per heavy atom. The monoisotopic (exact) mass is 462 g/mol. The third-order valence-electron chi connectivity index (χ3n) is 4.33. The summed E-state index contributed by atoms with van der Waals surface area (Å²) < 4.78 is 81.8. The van der Waals surface area contributed by atoms with E-state index >= 15 is 0 Å². The van der Waals surface area contributed by atoms with Crippen LogP contribution in [-0.4, -0.2) is 50.2 Å². The van der Waals surface area contributed by atoms with E-state index in [0.29, 0.717) is 0 Å². The number of alkyl halides is 3. The Labute approximate surface area is 177 Å². The minimum absolute atomic E-state index is 0.0222. The van der Waals surface area contributed by atoms with Crippen molar-refractivity contribution >= 4 is 9.84 Å². The van der Waals surface area contributed by atoms with E-state index < -0.39 is 39.9 Å². The number of rotatable bonds is 7. The van der Waals surface area contributed by atoms with Crippen molar-refractivity contribution in [2.75, 3.05) is 12.4 Å². The maximum atomic E-state index is 12.6. The molecular formula is C20H21F3O7S. The van der Waals surface area contributed by atoms with Gasteiger partial charge in [0.15, 0.2) is 15.6 Å². The lowest BCUT2D eigenvalue weighted by atomic mass is 10.2. The van der Waals surface area contributed by atoms with E-state index in [1.165, 1.54) is 36.4 Å². The molecule has 1 aliphatic heterocycles. The highest BCUT2D eigenvalue weighted by Crippen LogP contribution is 2.29. The zero-order chi connectivity index (χ0) is 22.9. The zero-order valence-corrected chi connectivity index (χ0v) is 17.4. The lowest BCUT2D eigenvalue weighted by molar-refractivity contribution is -0.274. The minimum atomic E-state index is -4.79. The molecule has 11 heteroatoms. The van der Waals surface area contributed by atoms with Crippen molar-refractivity contribution in [2.24, 2.45) is 0 Å². The predicted octanol–water partition coefficient (Wildman–Crippen LogP) is 3.66. The van der Waals surface area contributed by atoms with E-state index in [-0.39, 0.29) is 28.8 Å². The SMILES string of the molecule is CC1(C)OC[C@H](C(O)CS(=O)(=O)c2ccc(Oc3ccc(OC(F)(F)F)cc3)cc2)O1. The van der Waals surface area contributed by atoms with Crippen LogP contribution in [0.3, 0.4) is 0 Å². The van der Waals surface area contributed by atoms with Crippen LogP contribution in [0.5, 0.6) is 17.2 Å². The summed E-state index contributed by atoms with van der Waals surface area (Å²) in [5.41, 5.74) is 0. The van der Waals surface area contributed by atoms with Crippen LogP contribution >= 0.6 is 0 Å². The van der Waals surface area contributed by atoms with Gasteiger partial charge in [0, 0.05) is 0 Å². The van der Waals surface area contributed by atoms with Crippen LogP contribution in [0.25, 0.3) is 0 Å². The molecule has 1 heterocycles. The van der Waals surface area contributed by atoms with E-state index in [9.17, 15) is 26.7 Å². The van der Waals surface area contributed by atoms with E-state index in [2.05, 4.69) is 4.74 Å². The molecule has 3 rings (SSSR count). The van der Waals surface area contributed by atoms with Crippen molar-refractivity contribution in [1.82, 2.24) is 0 Å². The average Bonchev–Trinajstić information content (AvgIpc) is 3.02. The van der Waals surface area contributed by atoms with Crippen molar-refractivity contribution < 1.29 is 45.6 Å². The summed E-state index contributed by atoms with van der Waals surface area (Å²) >= 11 is 0. The maximum Gasteiger partial charge on any atom is 0.573 e. The van der Waals surface area contributed by atoms with Gasteiger partial charge in [-0.05, 0) is 62.4 Å². The molecule has 0 saturated carbocycles. The molecule has 0 aliphatic carbocycles. The van der Waals surface area contributed by atoms with Crippen molar-refractivity contribution in [2.45, 2.75) is 43.1 Å². The quantitative estimate of drug-likeness (QED) is 0.672. The Hall–Kier alpha value is -2.34. The largest absolute Gasteiger partial charge is 0.573 e. The van der Waals surface area contributed by atoms with Crippen LogP contribution in [0, 0.1) is 0 Å². The maximum absolute atomic E-state index is 12.6. The first kappa shape index (κ1) is 23.3. The molecule has 1 aliphatic rings. The fourth-order valence-electron chi connectivity index (χ4n) is 2.89. The van der Waals surface area contributed by atoms with Gasteiger partial charge in [-0.3, -0.25) is 0 Å². The van der Waals surface area contributed by atoms with Gasteiger partial charge in [-0.1, -0.05) is 0 Å². The van der Waals surface area contributed by atoms with Gasteiger partial charge in [0.05, 0.1) is 23.4 Å². The van der Waals surface area contributed by atoms with Crippen molar-refractivity contribution in [1.29, 1.82) is 0 Å². The normalized spacial score (nSPS) is 19.7. The van der Waals surface area contributed by atoms with Gasteiger partial charge in [0.2, 0.25) is 0 Å². The molecule has 1 saturated heterocycles. The molecule has 1 N–H and O–H groups in total. The van der Waals surface area contributed by atoms with E-state index in [1.54, 1.807) is 13.8 Å². The lowest BCUT2D eigenvalue weighted by Crippen LogP contribution is -2.36. The van der Waals surface area contributed by atoms with Crippen LogP contribution in [0.4, 0.5) is 13.2 Å². The van der Waals surface area contributed by atoms with E-state index in [1.807, 2.05) is 0 Å². The molecule has 2 atom stereocenters. The Morgan fingerprint density at radius 2 is 1.58 bits per heavy atom. The lowest BCUT2D eigenvalue weighted by Gasteiger charge is -2.20.